The third-order valence-corrected chi connectivity index (χ3v) is 4.11. The average Bonchev–Trinajstić information content (AvgIpc) is 3.22. The van der Waals surface area contributed by atoms with Crippen LogP contribution in [0, 0.1) is 5.92 Å². The van der Waals surface area contributed by atoms with Crippen molar-refractivity contribution in [2.45, 2.75) is 38.6 Å². The Bertz CT molecular complexity index is 597. The van der Waals surface area contributed by atoms with Gasteiger partial charge in [0.15, 0.2) is 0 Å². The van der Waals surface area contributed by atoms with E-state index in [4.69, 9.17) is 4.52 Å². The minimum atomic E-state index is 0.457. The fourth-order valence-corrected chi connectivity index (χ4v) is 2.78. The molecule has 1 aliphatic rings. The van der Waals surface area contributed by atoms with Crippen LogP contribution in [0.25, 0.3) is 11.4 Å². The first kappa shape index (κ1) is 14.7. The van der Waals surface area contributed by atoms with Crippen LogP contribution in [0.3, 0.4) is 0 Å². The predicted molar refractivity (Wildman–Crippen MR) is 83.7 cm³/mol. The first-order chi connectivity index (χ1) is 10.3. The Kier molecular flexibility index (Phi) is 4.65. The van der Waals surface area contributed by atoms with Crippen LogP contribution in [0.2, 0.25) is 0 Å². The molecule has 21 heavy (non-hydrogen) atoms. The number of nitrogens with one attached hydrogen (secondary N) is 1. The van der Waals surface area contributed by atoms with Crippen molar-refractivity contribution in [2.75, 3.05) is 6.54 Å². The lowest BCUT2D eigenvalue weighted by Crippen LogP contribution is -2.33. The molecular weight excluding hydrogens is 332 g/mol. The zero-order valence-electron chi connectivity index (χ0n) is 12.1. The molecule has 2 aromatic heterocycles. The van der Waals surface area contributed by atoms with Crippen LogP contribution in [0.5, 0.6) is 0 Å². The largest absolute Gasteiger partial charge is 0.339 e. The first-order valence-corrected chi connectivity index (χ1v) is 8.22. The van der Waals surface area contributed by atoms with Crippen molar-refractivity contribution >= 4 is 15.9 Å². The fraction of sp³-hybridized carbons (Fsp3) is 0.533. The number of nitrogens with zero attached hydrogens (tertiary/aromatic N) is 3. The maximum absolute atomic E-state index is 5.40. The molecule has 0 saturated heterocycles. The van der Waals surface area contributed by atoms with E-state index in [9.17, 15) is 0 Å². The van der Waals surface area contributed by atoms with Crippen molar-refractivity contribution in [3.8, 4) is 11.4 Å². The van der Waals surface area contributed by atoms with Crippen molar-refractivity contribution in [1.29, 1.82) is 0 Å². The van der Waals surface area contributed by atoms with Gasteiger partial charge in [0.05, 0.1) is 0 Å². The van der Waals surface area contributed by atoms with Gasteiger partial charge in [-0.1, -0.05) is 12.1 Å². The molecular formula is C15H19BrN4O. The van der Waals surface area contributed by atoms with Gasteiger partial charge >= 0.3 is 0 Å². The van der Waals surface area contributed by atoms with Gasteiger partial charge in [0, 0.05) is 34.9 Å². The monoisotopic (exact) mass is 350 g/mol. The maximum Gasteiger partial charge on any atom is 0.228 e. The smallest absolute Gasteiger partial charge is 0.228 e. The molecule has 6 heteroatoms. The highest BCUT2D eigenvalue weighted by Gasteiger charge is 2.32. The lowest BCUT2D eigenvalue weighted by molar-refractivity contribution is 0.346. The molecule has 1 saturated carbocycles. The van der Waals surface area contributed by atoms with Gasteiger partial charge in [-0.05, 0) is 53.7 Å². The second-order valence-electron chi connectivity index (χ2n) is 5.51. The van der Waals surface area contributed by atoms with Crippen LogP contribution in [0.4, 0.5) is 0 Å². The van der Waals surface area contributed by atoms with Crippen LogP contribution in [0.15, 0.2) is 27.5 Å². The van der Waals surface area contributed by atoms with Gasteiger partial charge in [-0.3, -0.25) is 4.98 Å². The third-order valence-electron chi connectivity index (χ3n) is 3.67. The van der Waals surface area contributed by atoms with Crippen molar-refractivity contribution in [2.24, 2.45) is 5.92 Å². The standard InChI is InChI=1S/C15H19BrN4O/c1-2-5-18-13(10-3-4-10)7-14-19-15(20-21-14)11-6-12(16)9-17-8-11/h6,8-10,13,18H,2-5,7H2,1H3. The highest BCUT2D eigenvalue weighted by Crippen LogP contribution is 2.34. The van der Waals surface area contributed by atoms with Crippen LogP contribution in [-0.2, 0) is 6.42 Å². The van der Waals surface area contributed by atoms with Gasteiger partial charge in [-0.2, -0.15) is 4.98 Å². The summed E-state index contributed by atoms with van der Waals surface area (Å²) in [6.45, 7) is 3.22. The Morgan fingerprint density at radius 1 is 1.43 bits per heavy atom. The van der Waals surface area contributed by atoms with Gasteiger partial charge in [0.1, 0.15) is 0 Å². The van der Waals surface area contributed by atoms with Gasteiger partial charge in [-0.15, -0.1) is 0 Å². The number of rotatable bonds is 7. The summed E-state index contributed by atoms with van der Waals surface area (Å²) < 4.78 is 6.31. The zero-order chi connectivity index (χ0) is 14.7. The Hall–Kier alpha value is -1.27. The van der Waals surface area contributed by atoms with E-state index >= 15 is 0 Å². The zero-order valence-corrected chi connectivity index (χ0v) is 13.6. The highest BCUT2D eigenvalue weighted by molar-refractivity contribution is 9.10. The van der Waals surface area contributed by atoms with Gasteiger partial charge in [-0.25, -0.2) is 0 Å². The van der Waals surface area contributed by atoms with Crippen LogP contribution in [-0.4, -0.2) is 27.7 Å². The quantitative estimate of drug-likeness (QED) is 0.830. The Labute approximate surface area is 132 Å². The second kappa shape index (κ2) is 6.66. The average molecular weight is 351 g/mol. The number of pyridine rings is 1. The van der Waals surface area contributed by atoms with Crippen LogP contribution in [0.1, 0.15) is 32.1 Å². The lowest BCUT2D eigenvalue weighted by atomic mass is 10.1. The van der Waals surface area contributed by atoms with E-state index in [0.717, 1.165) is 35.3 Å². The van der Waals surface area contributed by atoms with Gasteiger partial charge < -0.3 is 9.84 Å². The molecule has 3 rings (SSSR count). The molecule has 1 N–H and O–H groups in total. The van der Waals surface area contributed by atoms with E-state index in [1.807, 2.05) is 6.07 Å². The van der Waals surface area contributed by atoms with Crippen molar-refractivity contribution in [3.05, 3.63) is 28.8 Å². The molecule has 0 aromatic carbocycles. The van der Waals surface area contributed by atoms with Crippen molar-refractivity contribution in [1.82, 2.24) is 20.4 Å². The van der Waals surface area contributed by atoms with Crippen LogP contribution < -0.4 is 5.32 Å². The Balaban J connectivity index is 1.69. The van der Waals surface area contributed by atoms with E-state index in [2.05, 4.69) is 43.3 Å². The van der Waals surface area contributed by atoms with E-state index in [-0.39, 0.29) is 0 Å². The highest BCUT2D eigenvalue weighted by atomic mass is 79.9. The summed E-state index contributed by atoms with van der Waals surface area (Å²) in [7, 11) is 0. The van der Waals surface area contributed by atoms with Gasteiger partial charge in [0.2, 0.25) is 11.7 Å². The van der Waals surface area contributed by atoms with Crippen LogP contribution >= 0.6 is 15.9 Å². The van der Waals surface area contributed by atoms with Gasteiger partial charge in [0.25, 0.3) is 0 Å². The SMILES string of the molecule is CCCNC(Cc1nc(-c2cncc(Br)c2)no1)C1CC1. The number of hydrogen-bond donors (Lipinski definition) is 1. The summed E-state index contributed by atoms with van der Waals surface area (Å²) in [6, 6.07) is 2.40. The summed E-state index contributed by atoms with van der Waals surface area (Å²) in [5.41, 5.74) is 0.865. The minimum absolute atomic E-state index is 0.457. The number of halogens is 1. The number of aromatic nitrogens is 3. The fourth-order valence-electron chi connectivity index (χ4n) is 2.41. The van der Waals surface area contributed by atoms with E-state index in [1.165, 1.54) is 12.8 Å². The molecule has 1 aliphatic carbocycles. The van der Waals surface area contributed by atoms with Crippen molar-refractivity contribution < 1.29 is 4.52 Å². The molecule has 2 aromatic rings. The van der Waals surface area contributed by atoms with E-state index in [1.54, 1.807) is 12.4 Å². The minimum Gasteiger partial charge on any atom is -0.339 e. The molecule has 1 fully saturated rings. The maximum atomic E-state index is 5.40. The summed E-state index contributed by atoms with van der Waals surface area (Å²) in [6.07, 6.45) is 8.03. The topological polar surface area (TPSA) is 63.8 Å². The van der Waals surface area contributed by atoms with E-state index < -0.39 is 0 Å². The Morgan fingerprint density at radius 3 is 3.00 bits per heavy atom. The number of hydrogen-bond acceptors (Lipinski definition) is 5. The predicted octanol–water partition coefficient (Wildman–Crippen LogP) is 3.21. The summed E-state index contributed by atoms with van der Waals surface area (Å²) in [5, 5.41) is 7.66. The molecule has 0 radical (unpaired) electrons. The Morgan fingerprint density at radius 2 is 2.29 bits per heavy atom. The third kappa shape index (κ3) is 3.89. The first-order valence-electron chi connectivity index (χ1n) is 7.43. The molecule has 2 heterocycles. The lowest BCUT2D eigenvalue weighted by Gasteiger charge is -2.15. The molecule has 112 valence electrons. The van der Waals surface area contributed by atoms with Crippen molar-refractivity contribution in [3.63, 3.8) is 0 Å². The normalized spacial score (nSPS) is 16.1. The molecule has 0 spiro atoms. The second-order valence-corrected chi connectivity index (χ2v) is 6.42. The van der Waals surface area contributed by atoms with E-state index in [0.29, 0.717) is 17.8 Å². The molecule has 5 nitrogen and oxygen atoms in total. The summed E-state index contributed by atoms with van der Waals surface area (Å²) >= 11 is 3.40. The molecule has 0 aliphatic heterocycles. The molecule has 1 unspecified atom stereocenters. The molecule has 0 bridgehead atoms. The molecule has 0 amide bonds. The molecule has 1 atom stereocenters. The summed E-state index contributed by atoms with van der Waals surface area (Å²) in [4.78, 5) is 8.63. The summed E-state index contributed by atoms with van der Waals surface area (Å²) in [5.74, 6) is 2.06.